The molecule has 140 heavy (non-hydrogen) atoms. The van der Waals surface area contributed by atoms with E-state index in [1.807, 2.05) is 80.5 Å². The molecule has 8 aromatic heterocycles. The second-order valence-electron chi connectivity index (χ2n) is 44.6. The molecule has 5 aliphatic heterocycles. The molecule has 2 bridgehead atoms. The maximum Gasteiger partial charge on any atom is 0.280 e. The van der Waals surface area contributed by atoms with Crippen LogP contribution in [0.3, 0.4) is 0 Å². The van der Waals surface area contributed by atoms with Crippen LogP contribution < -0.4 is 42.5 Å². The summed E-state index contributed by atoms with van der Waals surface area (Å²) in [6, 6.07) is 7.98. The maximum atomic E-state index is 14.0. The van der Waals surface area contributed by atoms with Crippen molar-refractivity contribution in [3.05, 3.63) is 114 Å². The number of thiazole rings is 4. The quantitative estimate of drug-likeness (QED) is 0.0192. The third-order valence-electron chi connectivity index (χ3n) is 27.0. The van der Waals surface area contributed by atoms with Crippen LogP contribution in [0, 0.1) is 49.4 Å². The van der Waals surface area contributed by atoms with Gasteiger partial charge in [0.25, 0.3) is 53.2 Å². The second kappa shape index (κ2) is 42.7. The van der Waals surface area contributed by atoms with Gasteiger partial charge < -0.3 is 82.6 Å². The molecule has 8 fully saturated rings. The zero-order valence-electron chi connectivity index (χ0n) is 84.9. The number of halogens is 2. The van der Waals surface area contributed by atoms with Crippen molar-refractivity contribution in [2.75, 3.05) is 93.3 Å². The number of carbonyl (C=O) groups excluding carboxylic acids is 8. The molecule has 760 valence electrons. The first-order valence-electron chi connectivity index (χ1n) is 48.9. The normalized spacial score (nSPS) is 19.7. The third-order valence-corrected chi connectivity index (χ3v) is 31.4. The van der Waals surface area contributed by atoms with Crippen molar-refractivity contribution in [2.24, 2.45) is 21.7 Å². The molecule has 5 saturated heterocycles. The van der Waals surface area contributed by atoms with E-state index in [1.54, 1.807) is 87.1 Å². The minimum absolute atomic E-state index is 0.0134. The summed E-state index contributed by atoms with van der Waals surface area (Å²) in [5, 5.41) is 64.9. The van der Waals surface area contributed by atoms with Crippen molar-refractivity contribution in [3.8, 4) is 41.8 Å². The number of alkyl halides is 2. The SMILES string of the molecule is Cc1cc(NCC(C)(C)C)ncc1-c1sc(C(=O)NCC(C)(C)O)nc1C(=O)N1CCC[C@@H]1C.Cc1cc(NCC2(C)CC2)ncc1-c1sc(C(=O)NCC(C)(C)O)nc1C(=O)N1CC(F)(F)C[C@@H]1C.Cc1cc(NCC2(C)CC2)ncc1-c1sc(C(=O)NCC(C)(C)O)nc1C(=O)N1CCC[C@@H]1C.Cc1cc(NCC2(C)CCC2)ncc1-c1sc(C(=O)NCC(C)(C)O)nc1C(=O)N1C2CCC1CC2. The third kappa shape index (κ3) is 27.8. The monoisotopic (exact) mass is 2000 g/mol. The molecule has 3 saturated carbocycles. The highest BCUT2D eigenvalue weighted by Crippen LogP contribution is 2.49. The lowest BCUT2D eigenvalue weighted by Crippen LogP contribution is -2.38. The van der Waals surface area contributed by atoms with E-state index in [4.69, 9.17) is 0 Å². The predicted octanol–water partition coefficient (Wildman–Crippen LogP) is 16.4. The van der Waals surface area contributed by atoms with Crippen LogP contribution in [0.2, 0.25) is 0 Å². The highest BCUT2D eigenvalue weighted by atomic mass is 32.1. The molecule has 12 N–H and O–H groups in total. The standard InChI is InChI=1S/C27H37N5O3S.C25H33F2N5O3S.C25H35N5O3S.C25H37N5O3S/c1-16-12-20(29-15-27(4)10-5-11-27)28-13-19(16)22-21(25(34)32-17-6-7-18(32)9-8-17)31-24(36-22)23(33)30-14-26(2,3)35;1-14-8-17(29-12-24(5)6-7-24)28-10-16(14)19-18(22(34)32-13-25(26,27)9-15(32)2)31-21(36-19)20(33)30-11-23(3,4)35;1-15-11-18(27-14-25(5)8-9-25)26-12-17(15)20-19(23(32)30-10-6-7-16(30)2)29-22(34-20)21(31)28-13-24(3,4)33;1-15-11-18(27-13-24(3,4)5)26-12-17(15)20-19(23(32)30-10-8-9-16(30)2)29-22(34-20)21(31)28-14-25(6,7)33/h12-13,17-18,35H,5-11,14-15H2,1-4H3,(H,28,29)(H,30,33);8,10,15,35H,6-7,9,11-13H2,1-5H3,(H,28,29)(H,30,33);11-12,16,33H,6-10,13-14H2,1-5H3,(H,26,27)(H,28,31);11-12,16,33H,8-10,13-14H2,1-7H3,(H,26,27)(H,28,31)/t;15-;2*16-/m.000/s1. The lowest BCUT2D eigenvalue weighted by molar-refractivity contribution is 0.0117. The van der Waals surface area contributed by atoms with Gasteiger partial charge in [-0.05, 0) is 262 Å². The van der Waals surface area contributed by atoms with E-state index in [2.05, 4.69) is 124 Å². The molecule has 0 radical (unpaired) electrons. The maximum absolute atomic E-state index is 14.0. The number of fused-ring (bicyclic) bond motifs is 2. The van der Waals surface area contributed by atoms with Gasteiger partial charge in [0.2, 0.25) is 0 Å². The van der Waals surface area contributed by atoms with Gasteiger partial charge in [-0.3, -0.25) is 38.4 Å². The number of aromatic nitrogens is 8. The summed E-state index contributed by atoms with van der Waals surface area (Å²) in [7, 11) is 0. The zero-order valence-corrected chi connectivity index (χ0v) is 88.2. The fourth-order valence-corrected chi connectivity index (χ4v) is 21.8. The van der Waals surface area contributed by atoms with E-state index in [0.29, 0.717) is 71.6 Å². The number of nitrogens with zero attached hydrogens (tertiary/aromatic N) is 12. The van der Waals surface area contributed by atoms with Gasteiger partial charge in [-0.2, -0.15) is 0 Å². The number of aryl methyl sites for hydroxylation is 4. The van der Waals surface area contributed by atoms with Gasteiger partial charge in [-0.1, -0.05) is 48.0 Å². The summed E-state index contributed by atoms with van der Waals surface area (Å²) in [4.78, 5) is 151. The average molecular weight is 2010 g/mol. The number of nitrogens with one attached hydrogen (secondary N) is 8. The van der Waals surface area contributed by atoms with Crippen molar-refractivity contribution in [3.63, 3.8) is 0 Å². The Morgan fingerprint density at radius 1 is 0.386 bits per heavy atom. The number of pyridine rings is 4. The van der Waals surface area contributed by atoms with Gasteiger partial charge in [0, 0.05) is 149 Å². The number of hydrogen-bond donors (Lipinski definition) is 12. The minimum Gasteiger partial charge on any atom is -0.389 e. The minimum atomic E-state index is -2.97. The van der Waals surface area contributed by atoms with Crippen LogP contribution >= 0.6 is 45.3 Å². The summed E-state index contributed by atoms with van der Waals surface area (Å²) >= 11 is 4.61. The topological polar surface area (TPSA) is 430 Å². The van der Waals surface area contributed by atoms with Crippen LogP contribution in [0.1, 0.15) is 324 Å². The smallest absolute Gasteiger partial charge is 0.280 e. The van der Waals surface area contributed by atoms with Crippen molar-refractivity contribution in [1.29, 1.82) is 0 Å². The van der Waals surface area contributed by atoms with E-state index in [-0.39, 0.29) is 111 Å². The lowest BCUT2D eigenvalue weighted by Gasteiger charge is -2.38. The second-order valence-corrected chi connectivity index (χ2v) is 48.6. The first-order chi connectivity index (χ1) is 65.4. The molecule has 3 atom stereocenters. The van der Waals surface area contributed by atoms with Crippen LogP contribution in [-0.2, 0) is 0 Å². The van der Waals surface area contributed by atoms with Gasteiger partial charge in [0.05, 0.1) is 48.5 Å². The molecule has 8 aromatic rings. The van der Waals surface area contributed by atoms with E-state index in [9.17, 15) is 67.6 Å². The average Bonchev–Trinajstić information content (AvgIpc) is 1.62. The molecule has 3 aliphatic carbocycles. The Morgan fingerprint density at radius 3 is 0.900 bits per heavy atom. The molecule has 32 nitrogen and oxygen atoms in total. The summed E-state index contributed by atoms with van der Waals surface area (Å²) in [6.07, 6.45) is 23.1. The fraction of sp³-hybridized carbons (Fsp3) is 0.608. The Hall–Kier alpha value is -10.2. The number of amides is 8. The molecule has 0 aromatic carbocycles. The van der Waals surface area contributed by atoms with Gasteiger partial charge in [-0.15, -0.1) is 45.3 Å². The number of aliphatic hydroxyl groups is 4. The van der Waals surface area contributed by atoms with Crippen LogP contribution in [-0.4, -0.2) is 258 Å². The number of likely N-dealkylation sites (tertiary alicyclic amines) is 3. The van der Waals surface area contributed by atoms with E-state index in [1.165, 1.54) is 79.0 Å². The lowest BCUT2D eigenvalue weighted by atomic mass is 9.70. The van der Waals surface area contributed by atoms with Crippen LogP contribution in [0.4, 0.5) is 32.1 Å². The molecule has 8 amide bonds. The summed E-state index contributed by atoms with van der Waals surface area (Å²) < 4.78 is 28.1. The number of anilines is 4. The molecule has 0 unspecified atom stereocenters. The van der Waals surface area contributed by atoms with E-state index < -0.39 is 71.0 Å². The Labute approximate surface area is 836 Å². The Bertz CT molecular complexity index is 5710. The van der Waals surface area contributed by atoms with Gasteiger partial charge in [-0.25, -0.2) is 48.7 Å². The highest BCUT2D eigenvalue weighted by Gasteiger charge is 2.49. The number of carbonyl (C=O) groups is 8. The molecule has 16 rings (SSSR count). The van der Waals surface area contributed by atoms with Crippen molar-refractivity contribution >= 4 is 116 Å². The van der Waals surface area contributed by atoms with Crippen LogP contribution in [0.25, 0.3) is 41.8 Å². The number of rotatable bonds is 31. The van der Waals surface area contributed by atoms with Crippen molar-refractivity contribution < 1.29 is 67.6 Å². The Morgan fingerprint density at radius 2 is 0.664 bits per heavy atom. The largest absolute Gasteiger partial charge is 0.389 e. The first kappa shape index (κ1) is 107. The molecular formula is C102H142F2N20O12S4. The highest BCUT2D eigenvalue weighted by molar-refractivity contribution is 7.18. The van der Waals surface area contributed by atoms with E-state index >= 15 is 0 Å². The van der Waals surface area contributed by atoms with Crippen molar-refractivity contribution in [1.82, 2.24) is 80.7 Å². The number of hydrogen-bond acceptors (Lipinski definition) is 28. The van der Waals surface area contributed by atoms with Crippen LogP contribution in [0.5, 0.6) is 0 Å². The van der Waals surface area contributed by atoms with Gasteiger partial charge >= 0.3 is 0 Å². The van der Waals surface area contributed by atoms with E-state index in [0.717, 1.165) is 150 Å². The Balaban J connectivity index is 0.000000157. The van der Waals surface area contributed by atoms with Crippen LogP contribution in [0.15, 0.2) is 49.1 Å². The molecule has 13 heterocycles. The molecule has 0 spiro atoms. The summed E-state index contributed by atoms with van der Waals surface area (Å²) in [5.41, 5.74) is 4.46. The molecule has 8 aliphatic rings. The molecule has 38 heteroatoms. The van der Waals surface area contributed by atoms with Gasteiger partial charge in [0.15, 0.2) is 20.0 Å². The Kier molecular flexibility index (Phi) is 32.7. The molecular weight excluding hydrogens is 1860 g/mol. The summed E-state index contributed by atoms with van der Waals surface area (Å²) in [6.45, 7) is 43.9. The summed E-state index contributed by atoms with van der Waals surface area (Å²) in [5.74, 6) is -2.65. The predicted molar refractivity (Wildman–Crippen MR) is 547 cm³/mol. The van der Waals surface area contributed by atoms with Crippen molar-refractivity contribution in [2.45, 2.75) is 307 Å². The van der Waals surface area contributed by atoms with Gasteiger partial charge in [0.1, 0.15) is 46.0 Å². The fourth-order valence-electron chi connectivity index (χ4n) is 17.6. The zero-order chi connectivity index (χ0) is 102. The first-order valence-corrected chi connectivity index (χ1v) is 52.2.